The fraction of sp³-hybridized carbons (Fsp3) is 0.821. The minimum Gasteiger partial charge on any atom is -0.395 e. The average molecular weight is 1180 g/mol. The molecule has 26 heteroatoms. The number of amides is 8. The van der Waals surface area contributed by atoms with Crippen LogP contribution in [0.3, 0.4) is 0 Å². The van der Waals surface area contributed by atoms with Gasteiger partial charge in [-0.2, -0.15) is 0 Å². The van der Waals surface area contributed by atoms with E-state index in [1.54, 1.807) is 4.90 Å². The highest BCUT2D eigenvalue weighted by Crippen LogP contribution is 2.08. The molecule has 0 saturated carbocycles. The molecular formula is C56H117N11O15. The van der Waals surface area contributed by atoms with Crippen LogP contribution in [0, 0.1) is 0 Å². The van der Waals surface area contributed by atoms with E-state index in [9.17, 15) is 47.9 Å². The molecular weight excluding hydrogens is 1070 g/mol. The normalized spacial score (nSPS) is 11.8. The summed E-state index contributed by atoms with van der Waals surface area (Å²) >= 11 is 0. The average Bonchev–Trinajstić information content (AvgIpc) is 3.47. The van der Waals surface area contributed by atoms with Crippen LogP contribution in [0.15, 0.2) is 0 Å². The third-order valence-corrected chi connectivity index (χ3v) is 12.7. The maximum atomic E-state index is 12.1. The second-order valence-corrected chi connectivity index (χ2v) is 18.9. The molecule has 0 aromatic rings. The number of hydrogen-bond acceptors (Lipinski definition) is 18. The van der Waals surface area contributed by atoms with Gasteiger partial charge in [-0.1, -0.05) is 48.5 Å². The van der Waals surface area contributed by atoms with Gasteiger partial charge in [0.2, 0.25) is 49.3 Å². The summed E-state index contributed by atoms with van der Waals surface area (Å²) < 4.78 is 0. The van der Waals surface area contributed by atoms with Crippen LogP contribution in [-0.4, -0.2) is 307 Å². The Kier molecular flexibility index (Phi) is 71.7. The highest BCUT2D eigenvalue weighted by molar-refractivity contribution is 5.82. The number of likely N-dealkylation sites (N-methyl/N-ethyl adjacent to an activating group) is 4. The summed E-state index contributed by atoms with van der Waals surface area (Å²) in [6.45, 7) is 33.9. The summed E-state index contributed by atoms with van der Waals surface area (Å²) in [6, 6.07) is 1.87. The number of rotatable bonds is 40. The number of nitrogens with two attached hydrogens (primary N) is 1. The second kappa shape index (κ2) is 64.9. The predicted molar refractivity (Wildman–Crippen MR) is 322 cm³/mol. The van der Waals surface area contributed by atoms with Gasteiger partial charge in [0.1, 0.15) is 12.6 Å². The van der Waals surface area contributed by atoms with E-state index in [1.807, 2.05) is 58.5 Å². The largest absolute Gasteiger partial charge is 0.395 e. The molecule has 0 aliphatic carbocycles. The Morgan fingerprint density at radius 1 is 0.451 bits per heavy atom. The SMILES string of the molecule is CCC(C)N(C)CC(=O)N(CC)C(C)CC.CCC(C)N(C=O)CC(=O)N(CC)C(C)CC.CCN(C)CCO.CCNC(C)CC.NC(=O)CN(C=O)CCO.O=CCN(C=O)CCO.O=CCN(CCO)C(=O)CN(C=O)CCO. The lowest BCUT2D eigenvalue weighted by molar-refractivity contribution is -0.138. The monoisotopic (exact) mass is 1180 g/mol. The van der Waals surface area contributed by atoms with Crippen LogP contribution in [0.5, 0.6) is 0 Å². The molecule has 5 atom stereocenters. The summed E-state index contributed by atoms with van der Waals surface area (Å²) in [7, 11) is 4.01. The van der Waals surface area contributed by atoms with E-state index in [4.69, 9.17) is 31.3 Å². The number of primary amides is 1. The quantitative estimate of drug-likeness (QED) is 0.0384. The summed E-state index contributed by atoms with van der Waals surface area (Å²) in [5.41, 5.74) is 4.78. The Bertz CT molecular complexity index is 1550. The molecule has 0 saturated heterocycles. The number of carbonyl (C=O) groups is 10. The minimum atomic E-state index is -0.583. The Morgan fingerprint density at radius 3 is 1.15 bits per heavy atom. The number of aliphatic hydroxyl groups excluding tert-OH is 5. The summed E-state index contributed by atoms with van der Waals surface area (Å²) in [4.78, 5) is 121. The molecule has 8 amide bonds. The smallest absolute Gasteiger partial charge is 0.242 e. The highest BCUT2D eigenvalue weighted by Gasteiger charge is 2.22. The molecule has 0 spiro atoms. The molecule has 0 aliphatic heterocycles. The van der Waals surface area contributed by atoms with Crippen molar-refractivity contribution >= 4 is 61.8 Å². The molecule has 5 unspecified atom stereocenters. The van der Waals surface area contributed by atoms with Gasteiger partial charge in [0.25, 0.3) is 0 Å². The van der Waals surface area contributed by atoms with E-state index >= 15 is 0 Å². The number of nitrogens with zero attached hydrogens (tertiary/aromatic N) is 9. The Hall–Kier alpha value is -5.22. The van der Waals surface area contributed by atoms with Crippen LogP contribution in [0.25, 0.3) is 0 Å². The van der Waals surface area contributed by atoms with Crippen molar-refractivity contribution in [2.24, 2.45) is 5.73 Å². The molecule has 0 aromatic carbocycles. The summed E-state index contributed by atoms with van der Waals surface area (Å²) in [5, 5.41) is 45.5. The first-order valence-corrected chi connectivity index (χ1v) is 28.8. The summed E-state index contributed by atoms with van der Waals surface area (Å²) in [6.07, 6.45) is 8.52. The maximum Gasteiger partial charge on any atom is 0.242 e. The Labute approximate surface area is 493 Å². The molecule has 0 bridgehead atoms. The van der Waals surface area contributed by atoms with Gasteiger partial charge in [-0.05, 0) is 108 Å². The number of hydrogen-bond donors (Lipinski definition) is 7. The molecule has 26 nitrogen and oxygen atoms in total. The van der Waals surface area contributed by atoms with Gasteiger partial charge in [-0.25, -0.2) is 0 Å². The number of aliphatic hydroxyl groups is 5. The molecule has 0 aliphatic rings. The molecule has 0 heterocycles. The molecule has 0 fully saturated rings. The zero-order valence-corrected chi connectivity index (χ0v) is 53.4. The van der Waals surface area contributed by atoms with Crippen molar-refractivity contribution in [2.75, 3.05) is 145 Å². The van der Waals surface area contributed by atoms with Crippen molar-refractivity contribution in [1.29, 1.82) is 0 Å². The van der Waals surface area contributed by atoms with Crippen molar-refractivity contribution in [2.45, 2.75) is 159 Å². The number of carbonyl (C=O) groups excluding carboxylic acids is 10. The third-order valence-electron chi connectivity index (χ3n) is 12.7. The van der Waals surface area contributed by atoms with E-state index < -0.39 is 11.8 Å². The van der Waals surface area contributed by atoms with Crippen molar-refractivity contribution in [3.05, 3.63) is 0 Å². The Balaban J connectivity index is -0.000000164. The maximum absolute atomic E-state index is 12.1. The van der Waals surface area contributed by atoms with E-state index in [1.165, 1.54) is 11.3 Å². The minimum absolute atomic E-state index is 0.0363. The second-order valence-electron chi connectivity index (χ2n) is 18.9. The molecule has 8 N–H and O–H groups in total. The fourth-order valence-corrected chi connectivity index (χ4v) is 6.29. The number of aldehydes is 2. The Morgan fingerprint density at radius 2 is 0.854 bits per heavy atom. The zero-order chi connectivity index (χ0) is 65.0. The molecule has 82 heavy (non-hydrogen) atoms. The van der Waals surface area contributed by atoms with Crippen molar-refractivity contribution in [1.82, 2.24) is 49.4 Å². The standard InChI is InChI=1S/C13H26N2O2.C13H28N2O.C9H16N2O5.C6H15N.C5H10N2O3.C5H9NO3.C5H13NO/c1-6-11(4)14(10-16)9-13(17)15(8-3)12(5)7-2;1-7-11(4)14(6)10-13(16)15(9-3)12(5)8-2;12-4-1-10(8-15)7-9(16)11(2-5-13)3-6-14;1-4-6(3)7-5-2;6-5(10)3-7(4-9)1-2-8;7-3-1-6(5-9)2-4-8;1-3-6(2)4-5-7/h10-12H,6-9H2,1-5H3;11-12H,7-10H2,1-6H3;5,8,12,14H,1-4,6-7H2;6-7H,4-5H2,1-3H3;4,8H,1-3H2,(H2,6,10);3,5,8H,1-2,4H2;7H,3-5H2,1-2H3. The first-order valence-electron chi connectivity index (χ1n) is 28.8. The molecule has 0 rings (SSSR count). The first-order chi connectivity index (χ1) is 38.8. The molecule has 0 aromatic heterocycles. The van der Waals surface area contributed by atoms with Crippen LogP contribution in [-0.2, 0) is 47.9 Å². The topological polar surface area (TPSA) is 339 Å². The van der Waals surface area contributed by atoms with E-state index in [0.717, 1.165) is 73.0 Å². The van der Waals surface area contributed by atoms with Gasteiger partial charge < -0.3 is 85.4 Å². The van der Waals surface area contributed by atoms with E-state index in [-0.39, 0.29) is 116 Å². The van der Waals surface area contributed by atoms with Crippen LogP contribution in [0.4, 0.5) is 0 Å². The summed E-state index contributed by atoms with van der Waals surface area (Å²) in [5.74, 6) is -0.740. The van der Waals surface area contributed by atoms with Gasteiger partial charge >= 0.3 is 0 Å². The van der Waals surface area contributed by atoms with Gasteiger partial charge in [0, 0.05) is 76.0 Å². The lowest BCUT2D eigenvalue weighted by atomic mass is 10.2. The van der Waals surface area contributed by atoms with Gasteiger partial charge in [0.05, 0.1) is 72.3 Å². The third kappa shape index (κ3) is 54.1. The van der Waals surface area contributed by atoms with Gasteiger partial charge in [-0.15, -0.1) is 0 Å². The fourth-order valence-electron chi connectivity index (χ4n) is 6.29. The highest BCUT2D eigenvalue weighted by atomic mass is 16.3. The molecule has 486 valence electrons. The van der Waals surface area contributed by atoms with Gasteiger partial charge in [-0.3, -0.25) is 43.3 Å². The van der Waals surface area contributed by atoms with Crippen molar-refractivity contribution in [3.63, 3.8) is 0 Å². The lowest BCUT2D eigenvalue weighted by Crippen LogP contribution is -2.46. The lowest BCUT2D eigenvalue weighted by Gasteiger charge is -2.31. The van der Waals surface area contributed by atoms with Crippen LogP contribution >= 0.6 is 0 Å². The van der Waals surface area contributed by atoms with Crippen LogP contribution in [0.2, 0.25) is 0 Å². The zero-order valence-electron chi connectivity index (χ0n) is 53.4. The van der Waals surface area contributed by atoms with E-state index in [2.05, 4.69) is 77.4 Å². The number of nitrogens with one attached hydrogen (secondary N) is 1. The van der Waals surface area contributed by atoms with Crippen molar-refractivity contribution in [3.8, 4) is 0 Å². The van der Waals surface area contributed by atoms with Crippen LogP contribution < -0.4 is 11.1 Å². The van der Waals surface area contributed by atoms with Gasteiger partial charge in [0.15, 0.2) is 0 Å². The molecule has 0 radical (unpaired) electrons. The van der Waals surface area contributed by atoms with E-state index in [0.29, 0.717) is 63.0 Å². The van der Waals surface area contributed by atoms with Crippen LogP contribution in [0.1, 0.15) is 129 Å². The first kappa shape index (κ1) is 90.6. The predicted octanol–water partition coefficient (Wildman–Crippen LogP) is -0.406. The van der Waals surface area contributed by atoms with Crippen molar-refractivity contribution < 1.29 is 73.5 Å².